The van der Waals surface area contributed by atoms with Gasteiger partial charge in [-0.3, -0.25) is 4.40 Å². The SMILES string of the molecule is Cc1nc(C)c(-c2nnc3c(Cl)cc(C(=O)O)cn23)o1. The number of aromatic carboxylic acids is 1. The Kier molecular flexibility index (Phi) is 2.72. The van der Waals surface area contributed by atoms with Gasteiger partial charge in [0.05, 0.1) is 16.3 Å². The number of pyridine rings is 1. The van der Waals surface area contributed by atoms with E-state index in [1.165, 1.54) is 16.7 Å². The Morgan fingerprint density at radius 3 is 2.75 bits per heavy atom. The fourth-order valence-corrected chi connectivity index (χ4v) is 2.21. The molecule has 0 bridgehead atoms. The van der Waals surface area contributed by atoms with E-state index < -0.39 is 5.97 Å². The maximum absolute atomic E-state index is 11.1. The van der Waals surface area contributed by atoms with Gasteiger partial charge in [-0.05, 0) is 13.0 Å². The van der Waals surface area contributed by atoms with Crippen molar-refractivity contribution in [1.82, 2.24) is 19.6 Å². The average Bonchev–Trinajstić information content (AvgIpc) is 2.92. The zero-order chi connectivity index (χ0) is 14.4. The number of carboxylic acids is 1. The molecule has 3 rings (SSSR count). The van der Waals surface area contributed by atoms with E-state index >= 15 is 0 Å². The summed E-state index contributed by atoms with van der Waals surface area (Å²) < 4.78 is 6.97. The molecule has 0 fully saturated rings. The van der Waals surface area contributed by atoms with Crippen molar-refractivity contribution < 1.29 is 14.3 Å². The summed E-state index contributed by atoms with van der Waals surface area (Å²) in [6.45, 7) is 3.49. The molecule has 0 saturated heterocycles. The van der Waals surface area contributed by atoms with E-state index in [4.69, 9.17) is 21.1 Å². The molecule has 0 unspecified atom stereocenters. The number of rotatable bonds is 2. The van der Waals surface area contributed by atoms with Gasteiger partial charge in [0.1, 0.15) is 0 Å². The standard InChI is InChI=1S/C12H9ClN4O3/c1-5-9(20-6(2)14-5)11-16-15-10-8(13)3-7(12(18)19)4-17(10)11/h3-4H,1-2H3,(H,18,19). The number of aryl methyl sites for hydroxylation is 2. The van der Waals surface area contributed by atoms with Gasteiger partial charge in [0, 0.05) is 13.1 Å². The van der Waals surface area contributed by atoms with Crippen LogP contribution in [-0.4, -0.2) is 30.7 Å². The second-order valence-electron chi connectivity index (χ2n) is 4.25. The van der Waals surface area contributed by atoms with Crippen LogP contribution in [0.3, 0.4) is 0 Å². The molecule has 0 aromatic carbocycles. The van der Waals surface area contributed by atoms with Crippen molar-refractivity contribution in [3.05, 3.63) is 34.4 Å². The summed E-state index contributed by atoms with van der Waals surface area (Å²) in [6.07, 6.45) is 1.40. The van der Waals surface area contributed by atoms with Crippen molar-refractivity contribution in [1.29, 1.82) is 0 Å². The highest BCUT2D eigenvalue weighted by atomic mass is 35.5. The molecule has 3 aromatic rings. The third-order valence-corrected chi connectivity index (χ3v) is 3.09. The Bertz CT molecular complexity index is 837. The van der Waals surface area contributed by atoms with E-state index in [1.807, 2.05) is 0 Å². The Morgan fingerprint density at radius 1 is 1.40 bits per heavy atom. The van der Waals surface area contributed by atoms with Crippen LogP contribution in [-0.2, 0) is 0 Å². The van der Waals surface area contributed by atoms with Gasteiger partial charge in [-0.2, -0.15) is 0 Å². The van der Waals surface area contributed by atoms with Crippen LogP contribution in [0, 0.1) is 13.8 Å². The summed E-state index contributed by atoms with van der Waals surface area (Å²) >= 11 is 6.02. The van der Waals surface area contributed by atoms with Crippen molar-refractivity contribution in [2.45, 2.75) is 13.8 Å². The number of fused-ring (bicyclic) bond motifs is 1. The van der Waals surface area contributed by atoms with E-state index in [0.717, 1.165) is 0 Å². The zero-order valence-corrected chi connectivity index (χ0v) is 11.3. The smallest absolute Gasteiger partial charge is 0.337 e. The summed E-state index contributed by atoms with van der Waals surface area (Å²) in [5.74, 6) is 0.213. The van der Waals surface area contributed by atoms with Gasteiger partial charge in [-0.25, -0.2) is 9.78 Å². The lowest BCUT2D eigenvalue weighted by Gasteiger charge is -2.01. The van der Waals surface area contributed by atoms with Crippen LogP contribution in [0.1, 0.15) is 21.9 Å². The maximum atomic E-state index is 11.1. The van der Waals surface area contributed by atoms with Crippen LogP contribution in [0.25, 0.3) is 17.2 Å². The third kappa shape index (κ3) is 1.83. The maximum Gasteiger partial charge on any atom is 0.337 e. The lowest BCUT2D eigenvalue weighted by molar-refractivity contribution is 0.0696. The molecule has 0 spiro atoms. The number of carbonyl (C=O) groups is 1. The fraction of sp³-hybridized carbons (Fsp3) is 0.167. The Labute approximate surface area is 117 Å². The first kappa shape index (κ1) is 12.6. The molecule has 0 saturated carbocycles. The van der Waals surface area contributed by atoms with E-state index in [1.54, 1.807) is 13.8 Å². The molecule has 3 aromatic heterocycles. The largest absolute Gasteiger partial charge is 0.478 e. The number of halogens is 1. The number of nitrogens with zero attached hydrogens (tertiary/aromatic N) is 4. The third-order valence-electron chi connectivity index (χ3n) is 2.81. The van der Waals surface area contributed by atoms with E-state index in [2.05, 4.69) is 15.2 Å². The number of hydrogen-bond donors (Lipinski definition) is 1. The molecule has 20 heavy (non-hydrogen) atoms. The van der Waals surface area contributed by atoms with E-state index in [0.29, 0.717) is 28.8 Å². The van der Waals surface area contributed by atoms with Gasteiger partial charge >= 0.3 is 5.97 Å². The van der Waals surface area contributed by atoms with Crippen molar-refractivity contribution in [3.63, 3.8) is 0 Å². The van der Waals surface area contributed by atoms with E-state index in [-0.39, 0.29) is 10.6 Å². The van der Waals surface area contributed by atoms with Crippen LogP contribution >= 0.6 is 11.6 Å². The molecule has 0 aliphatic heterocycles. The van der Waals surface area contributed by atoms with Crippen molar-refractivity contribution in [3.8, 4) is 11.6 Å². The minimum Gasteiger partial charge on any atom is -0.478 e. The molecule has 1 N–H and O–H groups in total. The fourth-order valence-electron chi connectivity index (χ4n) is 1.96. The minimum absolute atomic E-state index is 0.0393. The predicted molar refractivity (Wildman–Crippen MR) is 69.9 cm³/mol. The summed E-state index contributed by atoms with van der Waals surface area (Å²) in [6, 6.07) is 1.33. The summed E-state index contributed by atoms with van der Waals surface area (Å²) in [4.78, 5) is 15.2. The zero-order valence-electron chi connectivity index (χ0n) is 10.6. The number of carboxylic acid groups (broad SMARTS) is 1. The first-order chi connectivity index (χ1) is 9.47. The Hall–Kier alpha value is -2.41. The van der Waals surface area contributed by atoms with Crippen molar-refractivity contribution >= 4 is 23.2 Å². The predicted octanol–water partition coefficient (Wildman–Crippen LogP) is 2.35. The highest BCUT2D eigenvalue weighted by Crippen LogP contribution is 2.26. The first-order valence-electron chi connectivity index (χ1n) is 5.69. The average molecular weight is 293 g/mol. The van der Waals surface area contributed by atoms with Crippen LogP contribution in [0.4, 0.5) is 0 Å². The monoisotopic (exact) mass is 292 g/mol. The number of aromatic nitrogens is 4. The minimum atomic E-state index is -1.08. The molecular weight excluding hydrogens is 284 g/mol. The second kappa shape index (κ2) is 4.31. The molecule has 7 nitrogen and oxygen atoms in total. The van der Waals surface area contributed by atoms with Gasteiger partial charge in [-0.1, -0.05) is 11.6 Å². The first-order valence-corrected chi connectivity index (χ1v) is 6.07. The van der Waals surface area contributed by atoms with Gasteiger partial charge in [-0.15, -0.1) is 10.2 Å². The quantitative estimate of drug-likeness (QED) is 0.779. The molecule has 0 radical (unpaired) electrons. The molecule has 8 heteroatoms. The lowest BCUT2D eigenvalue weighted by Crippen LogP contribution is -2.00. The Morgan fingerprint density at radius 2 is 2.15 bits per heavy atom. The van der Waals surface area contributed by atoms with Gasteiger partial charge < -0.3 is 9.52 Å². The van der Waals surface area contributed by atoms with Crippen LogP contribution in [0.2, 0.25) is 5.02 Å². The van der Waals surface area contributed by atoms with Gasteiger partial charge in [0.2, 0.25) is 5.82 Å². The van der Waals surface area contributed by atoms with Crippen molar-refractivity contribution in [2.24, 2.45) is 0 Å². The van der Waals surface area contributed by atoms with Crippen LogP contribution in [0.5, 0.6) is 0 Å². The highest BCUT2D eigenvalue weighted by Gasteiger charge is 2.19. The summed E-state index contributed by atoms with van der Waals surface area (Å²) in [7, 11) is 0. The molecule has 0 aliphatic carbocycles. The molecule has 102 valence electrons. The lowest BCUT2D eigenvalue weighted by atomic mass is 10.3. The number of oxazole rings is 1. The van der Waals surface area contributed by atoms with Crippen LogP contribution < -0.4 is 0 Å². The Balaban J connectivity index is 2.32. The normalized spacial score (nSPS) is 11.2. The van der Waals surface area contributed by atoms with Gasteiger partial charge in [0.15, 0.2) is 17.3 Å². The summed E-state index contributed by atoms with van der Waals surface area (Å²) in [5, 5.41) is 17.2. The molecular formula is C12H9ClN4O3. The highest BCUT2D eigenvalue weighted by molar-refractivity contribution is 6.33. The summed E-state index contributed by atoms with van der Waals surface area (Å²) in [5.41, 5.74) is 1.05. The molecule has 0 amide bonds. The van der Waals surface area contributed by atoms with Gasteiger partial charge in [0.25, 0.3) is 0 Å². The topological polar surface area (TPSA) is 93.5 Å². The van der Waals surface area contributed by atoms with E-state index in [9.17, 15) is 4.79 Å². The molecule has 0 atom stereocenters. The van der Waals surface area contributed by atoms with Crippen LogP contribution in [0.15, 0.2) is 16.7 Å². The second-order valence-corrected chi connectivity index (χ2v) is 4.65. The van der Waals surface area contributed by atoms with Crippen molar-refractivity contribution in [2.75, 3.05) is 0 Å². The molecule has 0 aliphatic rings. The molecule has 3 heterocycles. The number of hydrogen-bond acceptors (Lipinski definition) is 5.